The topological polar surface area (TPSA) is 61.6 Å². The monoisotopic (exact) mass is 233 g/mol. The molecule has 0 saturated heterocycles. The third-order valence-electron chi connectivity index (χ3n) is 2.28. The predicted octanol–water partition coefficient (Wildman–Crippen LogP) is 2.14. The van der Waals surface area contributed by atoms with Crippen molar-refractivity contribution in [2.24, 2.45) is 0 Å². The largest absolute Gasteiger partial charge is 0.496 e. The van der Waals surface area contributed by atoms with E-state index < -0.39 is 5.97 Å². The molecule has 0 aliphatic carbocycles. The van der Waals surface area contributed by atoms with Crippen LogP contribution < -0.4 is 4.74 Å². The summed E-state index contributed by atoms with van der Waals surface area (Å²) in [5, 5.41) is 3.63. The van der Waals surface area contributed by atoms with Crippen molar-refractivity contribution in [3.05, 3.63) is 36.0 Å². The molecule has 88 valence electrons. The first-order valence-electron chi connectivity index (χ1n) is 4.94. The molecule has 0 aliphatic rings. The molecule has 1 heterocycles. The van der Waals surface area contributed by atoms with Crippen LogP contribution in [0.2, 0.25) is 0 Å². The quantitative estimate of drug-likeness (QED) is 0.760. The summed E-state index contributed by atoms with van der Waals surface area (Å²) >= 11 is 0. The van der Waals surface area contributed by atoms with Crippen LogP contribution in [0.5, 0.6) is 5.75 Å². The van der Waals surface area contributed by atoms with E-state index in [0.29, 0.717) is 11.5 Å². The molecule has 0 atom stereocenters. The SMILES string of the molecule is COC(=O)c1cc(-c2ccccc2OC)on1. The number of rotatable bonds is 3. The molecule has 2 aromatic rings. The van der Waals surface area contributed by atoms with Gasteiger partial charge < -0.3 is 14.0 Å². The fraction of sp³-hybridized carbons (Fsp3) is 0.167. The zero-order chi connectivity index (χ0) is 12.3. The standard InChI is InChI=1S/C12H11NO4/c1-15-10-6-4-3-5-8(10)11-7-9(13-17-11)12(14)16-2/h3-7H,1-2H3. The molecule has 0 radical (unpaired) electrons. The van der Waals surface area contributed by atoms with Crippen LogP contribution in [0.15, 0.2) is 34.9 Å². The van der Waals surface area contributed by atoms with Gasteiger partial charge in [-0.1, -0.05) is 17.3 Å². The van der Waals surface area contributed by atoms with Crippen LogP contribution in [0.3, 0.4) is 0 Å². The highest BCUT2D eigenvalue weighted by Crippen LogP contribution is 2.29. The average molecular weight is 233 g/mol. The fourth-order valence-corrected chi connectivity index (χ4v) is 1.45. The number of benzene rings is 1. The molecule has 0 unspecified atom stereocenters. The maximum absolute atomic E-state index is 11.2. The molecule has 0 bridgehead atoms. The van der Waals surface area contributed by atoms with E-state index in [9.17, 15) is 4.79 Å². The highest BCUT2D eigenvalue weighted by Gasteiger charge is 2.15. The van der Waals surface area contributed by atoms with Gasteiger partial charge in [0.25, 0.3) is 0 Å². The van der Waals surface area contributed by atoms with E-state index in [2.05, 4.69) is 9.89 Å². The minimum Gasteiger partial charge on any atom is -0.496 e. The van der Waals surface area contributed by atoms with E-state index in [1.54, 1.807) is 13.2 Å². The molecule has 2 rings (SSSR count). The summed E-state index contributed by atoms with van der Waals surface area (Å²) in [5.74, 6) is 0.581. The number of esters is 1. The van der Waals surface area contributed by atoms with Gasteiger partial charge in [-0.05, 0) is 12.1 Å². The number of carbonyl (C=O) groups is 1. The zero-order valence-electron chi connectivity index (χ0n) is 9.47. The lowest BCUT2D eigenvalue weighted by atomic mass is 10.1. The van der Waals surface area contributed by atoms with Gasteiger partial charge in [-0.25, -0.2) is 4.79 Å². The molecule has 0 N–H and O–H groups in total. The van der Waals surface area contributed by atoms with Crippen LogP contribution in [0.25, 0.3) is 11.3 Å². The van der Waals surface area contributed by atoms with E-state index in [1.165, 1.54) is 13.2 Å². The second kappa shape index (κ2) is 4.69. The van der Waals surface area contributed by atoms with Gasteiger partial charge >= 0.3 is 5.97 Å². The summed E-state index contributed by atoms with van der Waals surface area (Å²) in [7, 11) is 2.86. The number of nitrogens with zero attached hydrogens (tertiary/aromatic N) is 1. The Morgan fingerprint density at radius 2 is 2.06 bits per heavy atom. The summed E-state index contributed by atoms with van der Waals surface area (Å²) < 4.78 is 14.8. The van der Waals surface area contributed by atoms with Gasteiger partial charge in [0.2, 0.25) is 0 Å². The lowest BCUT2D eigenvalue weighted by Crippen LogP contribution is -2.00. The van der Waals surface area contributed by atoms with Crippen LogP contribution >= 0.6 is 0 Å². The highest BCUT2D eigenvalue weighted by molar-refractivity contribution is 5.88. The average Bonchev–Trinajstić information content (AvgIpc) is 2.87. The van der Waals surface area contributed by atoms with Crippen molar-refractivity contribution in [1.29, 1.82) is 0 Å². The number of ether oxygens (including phenoxy) is 2. The Morgan fingerprint density at radius 3 is 2.76 bits per heavy atom. The lowest BCUT2D eigenvalue weighted by molar-refractivity contribution is 0.0589. The highest BCUT2D eigenvalue weighted by atomic mass is 16.5. The van der Waals surface area contributed by atoms with Crippen molar-refractivity contribution in [3.8, 4) is 17.1 Å². The van der Waals surface area contributed by atoms with Crippen molar-refractivity contribution in [2.75, 3.05) is 14.2 Å². The fourth-order valence-electron chi connectivity index (χ4n) is 1.45. The molecule has 17 heavy (non-hydrogen) atoms. The Kier molecular flexibility index (Phi) is 3.09. The number of hydrogen-bond donors (Lipinski definition) is 0. The number of hydrogen-bond acceptors (Lipinski definition) is 5. The molecular weight excluding hydrogens is 222 g/mol. The third-order valence-corrected chi connectivity index (χ3v) is 2.28. The second-order valence-corrected chi connectivity index (χ2v) is 3.27. The van der Waals surface area contributed by atoms with Crippen LogP contribution in [0.1, 0.15) is 10.5 Å². The first-order valence-corrected chi connectivity index (χ1v) is 4.94. The van der Waals surface area contributed by atoms with E-state index in [-0.39, 0.29) is 5.69 Å². The van der Waals surface area contributed by atoms with Gasteiger partial charge in [0.15, 0.2) is 11.5 Å². The molecular formula is C12H11NO4. The maximum atomic E-state index is 11.2. The van der Waals surface area contributed by atoms with Crippen LogP contribution in [-0.4, -0.2) is 25.3 Å². The molecule has 0 saturated carbocycles. The molecule has 0 fully saturated rings. The summed E-state index contributed by atoms with van der Waals surface area (Å²) in [6.07, 6.45) is 0. The first kappa shape index (κ1) is 11.2. The summed E-state index contributed by atoms with van der Waals surface area (Å²) in [6.45, 7) is 0. The molecule has 5 nitrogen and oxygen atoms in total. The Morgan fingerprint density at radius 1 is 1.29 bits per heavy atom. The lowest BCUT2D eigenvalue weighted by Gasteiger charge is -2.03. The summed E-state index contributed by atoms with van der Waals surface area (Å²) in [4.78, 5) is 11.2. The number of methoxy groups -OCH3 is 2. The van der Waals surface area contributed by atoms with Crippen molar-refractivity contribution in [2.45, 2.75) is 0 Å². The zero-order valence-corrected chi connectivity index (χ0v) is 9.47. The van der Waals surface area contributed by atoms with Gasteiger partial charge in [0.1, 0.15) is 5.75 Å². The normalized spacial score (nSPS) is 10.0. The maximum Gasteiger partial charge on any atom is 0.360 e. The van der Waals surface area contributed by atoms with Gasteiger partial charge in [0.05, 0.1) is 19.8 Å². The third kappa shape index (κ3) is 2.13. The van der Waals surface area contributed by atoms with Crippen molar-refractivity contribution < 1.29 is 18.8 Å². The van der Waals surface area contributed by atoms with Gasteiger partial charge in [0, 0.05) is 6.07 Å². The Balaban J connectivity index is 2.40. The van der Waals surface area contributed by atoms with Crippen LogP contribution in [0, 0.1) is 0 Å². The Hall–Kier alpha value is -2.30. The van der Waals surface area contributed by atoms with E-state index in [1.807, 2.05) is 18.2 Å². The molecule has 1 aromatic heterocycles. The molecule has 1 aromatic carbocycles. The van der Waals surface area contributed by atoms with E-state index in [0.717, 1.165) is 5.56 Å². The molecule has 0 spiro atoms. The van der Waals surface area contributed by atoms with Crippen LogP contribution in [-0.2, 0) is 4.74 Å². The van der Waals surface area contributed by atoms with Gasteiger partial charge in [-0.2, -0.15) is 0 Å². The minimum atomic E-state index is -0.533. The smallest absolute Gasteiger partial charge is 0.360 e. The Bertz CT molecular complexity index is 533. The summed E-state index contributed by atoms with van der Waals surface area (Å²) in [5.41, 5.74) is 0.867. The number of para-hydroxylation sites is 1. The Labute approximate surface area is 97.9 Å². The van der Waals surface area contributed by atoms with E-state index >= 15 is 0 Å². The van der Waals surface area contributed by atoms with Gasteiger partial charge in [-0.15, -0.1) is 0 Å². The van der Waals surface area contributed by atoms with Crippen molar-refractivity contribution >= 4 is 5.97 Å². The van der Waals surface area contributed by atoms with Crippen molar-refractivity contribution in [1.82, 2.24) is 5.16 Å². The number of carbonyl (C=O) groups excluding carboxylic acids is 1. The summed E-state index contributed by atoms with van der Waals surface area (Å²) in [6, 6.07) is 8.83. The molecule has 5 heteroatoms. The number of aromatic nitrogens is 1. The predicted molar refractivity (Wildman–Crippen MR) is 59.8 cm³/mol. The van der Waals surface area contributed by atoms with Crippen molar-refractivity contribution in [3.63, 3.8) is 0 Å². The van der Waals surface area contributed by atoms with Crippen LogP contribution in [0.4, 0.5) is 0 Å². The second-order valence-electron chi connectivity index (χ2n) is 3.27. The molecule has 0 amide bonds. The first-order chi connectivity index (χ1) is 8.26. The van der Waals surface area contributed by atoms with E-state index in [4.69, 9.17) is 9.26 Å². The molecule has 0 aliphatic heterocycles. The minimum absolute atomic E-state index is 0.133. The van der Waals surface area contributed by atoms with Gasteiger partial charge in [-0.3, -0.25) is 0 Å².